The number of benzene rings is 1. The zero-order valence-electron chi connectivity index (χ0n) is 9.45. The SMILES string of the molecule is NC(=S)c1cnn(-c2c(Cl)cc(C(F)(F)F)cc2Cl)n1. The second kappa shape index (κ2) is 5.19. The second-order valence-electron chi connectivity index (χ2n) is 3.67. The fourth-order valence-corrected chi connectivity index (χ4v) is 2.14. The Morgan fingerprint density at radius 2 is 1.80 bits per heavy atom. The number of nitrogens with two attached hydrogens (primary N) is 1. The molecule has 0 aliphatic rings. The van der Waals surface area contributed by atoms with Crippen molar-refractivity contribution in [3.63, 3.8) is 0 Å². The number of halogens is 5. The molecular weight excluding hydrogens is 336 g/mol. The molecule has 106 valence electrons. The van der Waals surface area contributed by atoms with Crippen LogP contribution in [0.1, 0.15) is 11.3 Å². The van der Waals surface area contributed by atoms with Crippen LogP contribution in [-0.4, -0.2) is 20.0 Å². The van der Waals surface area contributed by atoms with E-state index in [-0.39, 0.29) is 26.4 Å². The minimum absolute atomic E-state index is 0.00425. The van der Waals surface area contributed by atoms with Gasteiger partial charge in [-0.15, -0.1) is 9.90 Å². The third kappa shape index (κ3) is 2.87. The van der Waals surface area contributed by atoms with Crippen molar-refractivity contribution >= 4 is 40.4 Å². The maximum atomic E-state index is 12.6. The highest BCUT2D eigenvalue weighted by molar-refractivity contribution is 7.80. The van der Waals surface area contributed by atoms with Crippen LogP contribution < -0.4 is 5.73 Å². The van der Waals surface area contributed by atoms with Gasteiger partial charge in [-0.3, -0.25) is 0 Å². The van der Waals surface area contributed by atoms with E-state index in [0.717, 1.165) is 16.9 Å². The van der Waals surface area contributed by atoms with Crippen molar-refractivity contribution in [2.24, 2.45) is 5.73 Å². The summed E-state index contributed by atoms with van der Waals surface area (Å²) in [5.41, 5.74) is 4.62. The average molecular weight is 341 g/mol. The summed E-state index contributed by atoms with van der Waals surface area (Å²) in [6.45, 7) is 0. The van der Waals surface area contributed by atoms with Crippen molar-refractivity contribution in [3.05, 3.63) is 39.6 Å². The maximum Gasteiger partial charge on any atom is 0.416 e. The van der Waals surface area contributed by atoms with Crippen molar-refractivity contribution in [2.45, 2.75) is 6.18 Å². The zero-order chi connectivity index (χ0) is 15.1. The predicted molar refractivity (Wildman–Crippen MR) is 72.3 cm³/mol. The first-order valence-electron chi connectivity index (χ1n) is 4.99. The Bertz CT molecular complexity index is 660. The third-order valence-corrected chi connectivity index (χ3v) is 3.07. The fourth-order valence-electron chi connectivity index (χ4n) is 1.40. The van der Waals surface area contributed by atoms with E-state index in [2.05, 4.69) is 10.2 Å². The van der Waals surface area contributed by atoms with Crippen molar-refractivity contribution in [1.82, 2.24) is 15.0 Å². The Morgan fingerprint density at radius 3 is 2.20 bits per heavy atom. The first-order chi connectivity index (χ1) is 9.20. The molecule has 0 bridgehead atoms. The van der Waals surface area contributed by atoms with Crippen LogP contribution in [0.4, 0.5) is 13.2 Å². The van der Waals surface area contributed by atoms with Gasteiger partial charge in [0.05, 0.1) is 21.8 Å². The van der Waals surface area contributed by atoms with Gasteiger partial charge in [-0.1, -0.05) is 35.4 Å². The smallest absolute Gasteiger partial charge is 0.388 e. The van der Waals surface area contributed by atoms with Gasteiger partial charge in [0.15, 0.2) is 0 Å². The number of hydrogen-bond donors (Lipinski definition) is 1. The lowest BCUT2D eigenvalue weighted by Gasteiger charge is -2.11. The standard InChI is InChI=1S/C10H5Cl2F3N4S/c11-5-1-4(10(13,14)15)2-6(12)8(5)19-17-3-7(18-19)9(16)20/h1-3H,(H2,16,20). The monoisotopic (exact) mass is 340 g/mol. The van der Waals surface area contributed by atoms with Crippen LogP contribution in [0.25, 0.3) is 5.69 Å². The number of rotatable bonds is 2. The van der Waals surface area contributed by atoms with Crippen LogP contribution in [0.3, 0.4) is 0 Å². The Labute approximate surface area is 126 Å². The van der Waals surface area contributed by atoms with Gasteiger partial charge in [0.1, 0.15) is 16.4 Å². The molecule has 2 aromatic rings. The van der Waals surface area contributed by atoms with Gasteiger partial charge in [-0.05, 0) is 12.1 Å². The van der Waals surface area contributed by atoms with Gasteiger partial charge in [-0.2, -0.15) is 18.3 Å². The summed E-state index contributed by atoms with van der Waals surface area (Å²) in [5, 5.41) is 7.21. The molecule has 0 unspecified atom stereocenters. The molecule has 10 heteroatoms. The van der Waals surface area contributed by atoms with Crippen LogP contribution in [0.5, 0.6) is 0 Å². The molecule has 1 aromatic carbocycles. The summed E-state index contributed by atoms with van der Waals surface area (Å²) in [7, 11) is 0. The molecule has 20 heavy (non-hydrogen) atoms. The third-order valence-electron chi connectivity index (χ3n) is 2.29. The first-order valence-corrected chi connectivity index (χ1v) is 6.15. The van der Waals surface area contributed by atoms with Gasteiger partial charge >= 0.3 is 6.18 Å². The van der Waals surface area contributed by atoms with E-state index >= 15 is 0 Å². The van der Waals surface area contributed by atoms with Crippen LogP contribution in [0, 0.1) is 0 Å². The molecule has 0 saturated heterocycles. The van der Waals surface area contributed by atoms with Crippen molar-refractivity contribution in [2.75, 3.05) is 0 Å². The normalized spacial score (nSPS) is 11.7. The molecule has 2 rings (SSSR count). The summed E-state index contributed by atoms with van der Waals surface area (Å²) in [6.07, 6.45) is -3.29. The minimum atomic E-state index is -4.55. The molecule has 0 radical (unpaired) electrons. The Kier molecular flexibility index (Phi) is 3.90. The highest BCUT2D eigenvalue weighted by Crippen LogP contribution is 2.36. The molecule has 0 aliphatic carbocycles. The highest BCUT2D eigenvalue weighted by atomic mass is 35.5. The van der Waals surface area contributed by atoms with E-state index < -0.39 is 11.7 Å². The van der Waals surface area contributed by atoms with Gasteiger partial charge in [-0.25, -0.2) is 0 Å². The van der Waals surface area contributed by atoms with E-state index in [1.807, 2.05) is 0 Å². The molecule has 2 N–H and O–H groups in total. The predicted octanol–water partition coefficient (Wildman–Crippen LogP) is 3.23. The highest BCUT2D eigenvalue weighted by Gasteiger charge is 2.32. The van der Waals surface area contributed by atoms with Crippen molar-refractivity contribution < 1.29 is 13.2 Å². The summed E-state index contributed by atoms with van der Waals surface area (Å²) in [5.74, 6) is 0. The second-order valence-corrected chi connectivity index (χ2v) is 4.92. The number of hydrogen-bond acceptors (Lipinski definition) is 3. The van der Waals surface area contributed by atoms with Crippen molar-refractivity contribution in [3.8, 4) is 5.69 Å². The summed E-state index contributed by atoms with van der Waals surface area (Å²) >= 11 is 16.3. The van der Waals surface area contributed by atoms with Gasteiger partial charge < -0.3 is 5.73 Å². The minimum Gasteiger partial charge on any atom is -0.388 e. The summed E-state index contributed by atoms with van der Waals surface area (Å²) in [4.78, 5) is 0.967. The molecule has 0 atom stereocenters. The maximum absolute atomic E-state index is 12.6. The molecule has 0 fully saturated rings. The lowest BCUT2D eigenvalue weighted by Crippen LogP contribution is -2.11. The molecule has 4 nitrogen and oxygen atoms in total. The quantitative estimate of drug-likeness (QED) is 0.852. The lowest BCUT2D eigenvalue weighted by molar-refractivity contribution is -0.137. The Balaban J connectivity index is 2.55. The van der Waals surface area contributed by atoms with Crippen LogP contribution in [0.2, 0.25) is 10.0 Å². The Hall–Kier alpha value is -1.38. The van der Waals surface area contributed by atoms with Crippen LogP contribution >= 0.6 is 35.4 Å². The topological polar surface area (TPSA) is 56.7 Å². The summed E-state index contributed by atoms with van der Waals surface area (Å²) in [6, 6.07) is 1.49. The van der Waals surface area contributed by atoms with Crippen molar-refractivity contribution in [1.29, 1.82) is 0 Å². The van der Waals surface area contributed by atoms with E-state index in [1.165, 1.54) is 6.20 Å². The largest absolute Gasteiger partial charge is 0.416 e. The van der Waals surface area contributed by atoms with E-state index in [1.54, 1.807) is 0 Å². The molecule has 1 aromatic heterocycles. The molecule has 0 spiro atoms. The summed E-state index contributed by atoms with van der Waals surface area (Å²) < 4.78 is 37.8. The first kappa shape index (κ1) is 15.0. The van der Waals surface area contributed by atoms with E-state index in [0.29, 0.717) is 0 Å². The molecule has 0 saturated carbocycles. The fraction of sp³-hybridized carbons (Fsp3) is 0.100. The van der Waals surface area contributed by atoms with E-state index in [9.17, 15) is 13.2 Å². The number of thiocarbonyl (C=S) groups is 1. The molecular formula is C10H5Cl2F3N4S. The number of alkyl halides is 3. The lowest BCUT2D eigenvalue weighted by atomic mass is 10.2. The zero-order valence-corrected chi connectivity index (χ0v) is 11.8. The number of aromatic nitrogens is 3. The molecule has 0 amide bonds. The van der Waals surface area contributed by atoms with Crippen LogP contribution in [0.15, 0.2) is 18.3 Å². The van der Waals surface area contributed by atoms with Gasteiger partial charge in [0, 0.05) is 0 Å². The average Bonchev–Trinajstić information content (AvgIpc) is 2.76. The van der Waals surface area contributed by atoms with Crippen LogP contribution in [-0.2, 0) is 6.18 Å². The van der Waals surface area contributed by atoms with E-state index in [4.69, 9.17) is 41.2 Å². The molecule has 1 heterocycles. The number of nitrogens with zero attached hydrogens (tertiary/aromatic N) is 3. The van der Waals surface area contributed by atoms with Gasteiger partial charge in [0.25, 0.3) is 0 Å². The van der Waals surface area contributed by atoms with Gasteiger partial charge in [0.2, 0.25) is 0 Å². The Morgan fingerprint density at radius 1 is 1.25 bits per heavy atom. The molecule has 0 aliphatic heterocycles.